The van der Waals surface area contributed by atoms with E-state index in [1.54, 1.807) is 0 Å². The number of nitrogens with zero attached hydrogens (tertiary/aromatic N) is 5. The Kier molecular flexibility index (Phi) is 8.42. The van der Waals surface area contributed by atoms with E-state index in [1.807, 2.05) is 18.2 Å². The number of para-hydroxylation sites is 2. The molecule has 0 aliphatic heterocycles. The van der Waals surface area contributed by atoms with Crippen molar-refractivity contribution in [2.45, 2.75) is 0 Å². The standard InChI is InChI=1S/C57H37N5/c1-5-18-39(19-6-1)52-36-43-24-13-14-27-45(43)56-53(55(60-62(52)56)41-20-7-2-8-21-41)40-34-32-38(33-35-40)48-37-49(59-57(58-48)42-22-9-3-10-23-42)46-29-17-31-51-54(46)47-28-15-16-30-50(47)61(51)44-25-11-4-12-26-44/h1-37H. The molecule has 62 heavy (non-hydrogen) atoms. The van der Waals surface area contributed by atoms with Crippen molar-refractivity contribution in [3.63, 3.8) is 0 Å². The largest absolute Gasteiger partial charge is 0.309 e. The highest BCUT2D eigenvalue weighted by Gasteiger charge is 2.23. The maximum absolute atomic E-state index is 5.42. The summed E-state index contributed by atoms with van der Waals surface area (Å²) in [5.41, 5.74) is 15.6. The van der Waals surface area contributed by atoms with Gasteiger partial charge in [-0.05, 0) is 47.3 Å². The van der Waals surface area contributed by atoms with Crippen molar-refractivity contribution in [3.8, 4) is 73.2 Å². The average Bonchev–Trinajstić information content (AvgIpc) is 3.92. The lowest BCUT2D eigenvalue weighted by Crippen LogP contribution is -1.97. The van der Waals surface area contributed by atoms with Crippen molar-refractivity contribution in [2.75, 3.05) is 0 Å². The molecular formula is C57H37N5. The van der Waals surface area contributed by atoms with Gasteiger partial charge in [0.05, 0.1) is 33.6 Å². The Morgan fingerprint density at radius 2 is 0.968 bits per heavy atom. The maximum atomic E-state index is 5.42. The van der Waals surface area contributed by atoms with E-state index in [2.05, 4.69) is 215 Å². The van der Waals surface area contributed by atoms with Gasteiger partial charge in [0.1, 0.15) is 5.69 Å². The van der Waals surface area contributed by atoms with Gasteiger partial charge in [-0.25, -0.2) is 14.5 Å². The topological polar surface area (TPSA) is 48.0 Å². The molecule has 290 valence electrons. The minimum Gasteiger partial charge on any atom is -0.309 e. The lowest BCUT2D eigenvalue weighted by Gasteiger charge is -2.12. The molecule has 0 spiro atoms. The van der Waals surface area contributed by atoms with Crippen LogP contribution >= 0.6 is 0 Å². The summed E-state index contributed by atoms with van der Waals surface area (Å²) >= 11 is 0. The van der Waals surface area contributed by atoms with Gasteiger partial charge in [0.25, 0.3) is 0 Å². The molecule has 0 fully saturated rings. The summed E-state index contributed by atoms with van der Waals surface area (Å²) in [5.74, 6) is 0.680. The lowest BCUT2D eigenvalue weighted by molar-refractivity contribution is 0.979. The van der Waals surface area contributed by atoms with E-state index in [0.29, 0.717) is 5.82 Å². The average molecular weight is 792 g/mol. The van der Waals surface area contributed by atoms with Crippen LogP contribution in [0.1, 0.15) is 0 Å². The van der Waals surface area contributed by atoms with Crippen LogP contribution in [0, 0.1) is 0 Å². The molecule has 0 radical (unpaired) electrons. The SMILES string of the molecule is c1ccc(-c2nc(-c3ccc(-c4c(-c5ccccc5)nn5c(-c6ccccc6)cc6ccccc6c45)cc3)cc(-c3cccc4c3c3ccccc3n4-c3ccccc3)n2)cc1. The molecule has 4 heterocycles. The molecule has 0 amide bonds. The van der Waals surface area contributed by atoms with E-state index >= 15 is 0 Å². The molecule has 5 heteroatoms. The molecule has 0 N–H and O–H groups in total. The van der Waals surface area contributed by atoms with Crippen LogP contribution in [0.25, 0.3) is 111 Å². The molecule has 0 bridgehead atoms. The fraction of sp³-hybridized carbons (Fsp3) is 0. The number of hydrogen-bond donors (Lipinski definition) is 0. The summed E-state index contributed by atoms with van der Waals surface area (Å²) in [7, 11) is 0. The fourth-order valence-electron chi connectivity index (χ4n) is 9.12. The normalized spacial score (nSPS) is 11.5. The molecule has 12 rings (SSSR count). The number of benzene rings is 8. The van der Waals surface area contributed by atoms with Gasteiger partial charge in [0.15, 0.2) is 5.82 Å². The molecular weight excluding hydrogens is 755 g/mol. The van der Waals surface area contributed by atoms with E-state index in [0.717, 1.165) is 94.7 Å². The van der Waals surface area contributed by atoms with E-state index in [1.165, 1.54) is 10.8 Å². The molecule has 4 aromatic heterocycles. The van der Waals surface area contributed by atoms with Gasteiger partial charge in [-0.1, -0.05) is 188 Å². The summed E-state index contributed by atoms with van der Waals surface area (Å²) in [6.07, 6.45) is 0. The molecule has 0 saturated heterocycles. The second-order valence-electron chi connectivity index (χ2n) is 15.6. The summed E-state index contributed by atoms with van der Waals surface area (Å²) in [4.78, 5) is 10.6. The first-order chi connectivity index (χ1) is 30.8. The molecule has 8 aromatic carbocycles. The van der Waals surface area contributed by atoms with Crippen molar-refractivity contribution < 1.29 is 0 Å². The number of fused-ring (bicyclic) bond motifs is 6. The van der Waals surface area contributed by atoms with Crippen LogP contribution in [0.15, 0.2) is 224 Å². The predicted molar refractivity (Wildman–Crippen MR) is 255 cm³/mol. The Balaban J connectivity index is 1.06. The quantitative estimate of drug-likeness (QED) is 0.162. The smallest absolute Gasteiger partial charge is 0.160 e. The molecule has 5 nitrogen and oxygen atoms in total. The van der Waals surface area contributed by atoms with E-state index < -0.39 is 0 Å². The second kappa shape index (κ2) is 14.7. The van der Waals surface area contributed by atoms with E-state index in [4.69, 9.17) is 15.1 Å². The zero-order chi connectivity index (χ0) is 41.0. The van der Waals surface area contributed by atoms with Crippen LogP contribution in [0.4, 0.5) is 0 Å². The maximum Gasteiger partial charge on any atom is 0.160 e. The molecule has 0 unspecified atom stereocenters. The Morgan fingerprint density at radius 1 is 0.387 bits per heavy atom. The van der Waals surface area contributed by atoms with Crippen LogP contribution in [-0.2, 0) is 0 Å². The lowest BCUT2D eigenvalue weighted by atomic mass is 9.95. The highest BCUT2D eigenvalue weighted by atomic mass is 15.2. The van der Waals surface area contributed by atoms with Crippen molar-refractivity contribution in [1.29, 1.82) is 0 Å². The van der Waals surface area contributed by atoms with Crippen molar-refractivity contribution >= 4 is 38.1 Å². The third kappa shape index (κ3) is 5.90. The second-order valence-corrected chi connectivity index (χ2v) is 15.6. The van der Waals surface area contributed by atoms with Crippen LogP contribution in [0.5, 0.6) is 0 Å². The summed E-state index contributed by atoms with van der Waals surface area (Å²) in [6, 6.07) is 79.0. The Bertz CT molecular complexity index is 3590. The summed E-state index contributed by atoms with van der Waals surface area (Å²) in [6.45, 7) is 0. The first kappa shape index (κ1) is 35.5. The first-order valence-corrected chi connectivity index (χ1v) is 21.0. The third-order valence-electron chi connectivity index (χ3n) is 12.0. The zero-order valence-corrected chi connectivity index (χ0v) is 33.6. The van der Waals surface area contributed by atoms with E-state index in [-0.39, 0.29) is 0 Å². The predicted octanol–water partition coefficient (Wildman–Crippen LogP) is 14.4. The van der Waals surface area contributed by atoms with Gasteiger partial charge in [-0.2, -0.15) is 5.10 Å². The van der Waals surface area contributed by atoms with Gasteiger partial charge < -0.3 is 4.57 Å². The van der Waals surface area contributed by atoms with Crippen LogP contribution in [-0.4, -0.2) is 24.1 Å². The Hall–Kier alpha value is -8.41. The molecule has 0 saturated carbocycles. The van der Waals surface area contributed by atoms with Crippen LogP contribution in [0.2, 0.25) is 0 Å². The van der Waals surface area contributed by atoms with E-state index in [9.17, 15) is 0 Å². The molecule has 0 aliphatic rings. The van der Waals surface area contributed by atoms with Gasteiger partial charge in [-0.3, -0.25) is 0 Å². The highest BCUT2D eigenvalue weighted by Crippen LogP contribution is 2.43. The number of pyridine rings is 1. The number of rotatable bonds is 7. The minimum absolute atomic E-state index is 0.680. The van der Waals surface area contributed by atoms with Gasteiger partial charge in [-0.15, -0.1) is 0 Å². The number of hydrogen-bond acceptors (Lipinski definition) is 3. The minimum atomic E-state index is 0.680. The fourth-order valence-corrected chi connectivity index (χ4v) is 9.12. The Labute approximate surface area is 358 Å². The van der Waals surface area contributed by atoms with Crippen molar-refractivity contribution in [2.24, 2.45) is 0 Å². The van der Waals surface area contributed by atoms with Crippen LogP contribution in [0.3, 0.4) is 0 Å². The van der Waals surface area contributed by atoms with Gasteiger partial charge >= 0.3 is 0 Å². The summed E-state index contributed by atoms with van der Waals surface area (Å²) < 4.78 is 4.49. The molecule has 0 aliphatic carbocycles. The van der Waals surface area contributed by atoms with Crippen molar-refractivity contribution in [3.05, 3.63) is 224 Å². The first-order valence-electron chi connectivity index (χ1n) is 21.0. The molecule has 0 atom stereocenters. The monoisotopic (exact) mass is 791 g/mol. The van der Waals surface area contributed by atoms with Crippen molar-refractivity contribution in [1.82, 2.24) is 24.1 Å². The highest BCUT2D eigenvalue weighted by molar-refractivity contribution is 6.15. The number of aromatic nitrogens is 5. The Morgan fingerprint density at radius 3 is 1.71 bits per heavy atom. The van der Waals surface area contributed by atoms with Gasteiger partial charge in [0.2, 0.25) is 0 Å². The molecule has 12 aromatic rings. The summed E-state index contributed by atoms with van der Waals surface area (Å²) in [5, 5.41) is 10.1. The van der Waals surface area contributed by atoms with Gasteiger partial charge in [0, 0.05) is 55.2 Å². The zero-order valence-electron chi connectivity index (χ0n) is 33.6. The third-order valence-corrected chi connectivity index (χ3v) is 12.0. The van der Waals surface area contributed by atoms with Crippen LogP contribution < -0.4 is 0 Å².